The molecule has 0 bridgehead atoms. The number of anilines is 4. The number of carbonyl (C=O) groups is 2. The molecule has 1 unspecified atom stereocenters. The molecule has 1 aromatic heterocycles. The van der Waals surface area contributed by atoms with Crippen molar-refractivity contribution in [1.82, 2.24) is 15.0 Å². The van der Waals surface area contributed by atoms with Crippen LogP contribution in [0.4, 0.5) is 32.1 Å². The lowest BCUT2D eigenvalue weighted by Gasteiger charge is -2.28. The molecule has 1 saturated carbocycles. The minimum absolute atomic E-state index is 0.137. The van der Waals surface area contributed by atoms with Gasteiger partial charge in [0.2, 0.25) is 17.8 Å². The van der Waals surface area contributed by atoms with Crippen molar-refractivity contribution in [3.05, 3.63) is 53.9 Å². The number of nitrogens with one attached hydrogen (secondary N) is 2. The maximum atomic E-state index is 13.2. The fourth-order valence-electron chi connectivity index (χ4n) is 5.84. The monoisotopic (exact) mass is 593 g/mol. The van der Waals surface area contributed by atoms with E-state index in [-0.39, 0.29) is 23.1 Å². The van der Waals surface area contributed by atoms with Crippen molar-refractivity contribution in [2.75, 3.05) is 35.2 Å². The van der Waals surface area contributed by atoms with Gasteiger partial charge >= 0.3 is 6.29 Å². The predicted octanol–water partition coefficient (Wildman–Crippen LogP) is 4.98. The summed E-state index contributed by atoms with van der Waals surface area (Å²) in [4.78, 5) is 41.8. The summed E-state index contributed by atoms with van der Waals surface area (Å²) in [6.07, 6.45) is 2.37. The molecule has 3 aliphatic rings. The van der Waals surface area contributed by atoms with E-state index in [4.69, 9.17) is 20.7 Å². The second-order valence-electron chi connectivity index (χ2n) is 11.1. The van der Waals surface area contributed by atoms with Gasteiger partial charge in [-0.3, -0.25) is 9.59 Å². The molecule has 3 heterocycles. The van der Waals surface area contributed by atoms with E-state index in [2.05, 4.69) is 25.0 Å². The maximum Gasteiger partial charge on any atom is 0.586 e. The second kappa shape index (κ2) is 12.1. The number of Topliss-reactive ketones (excluding diaryl/α,β-unsaturated/α-hetero) is 1. The molecule has 2 aliphatic heterocycles. The molecule has 0 spiro atoms. The SMILES string of the molecule is NC[C@@H]1CCCC1c1nc(Nc2ccc(C(=O)CC(=O)Nc3ccc4c(c3)OC(F)(F)O4)cc2)nc(N2CCCCC2)n1. The molecule has 6 rings (SSSR count). The summed E-state index contributed by atoms with van der Waals surface area (Å²) in [6.45, 7) is 2.41. The largest absolute Gasteiger partial charge is 0.586 e. The number of nitrogens with two attached hydrogens (primary N) is 1. The Morgan fingerprint density at radius 3 is 2.44 bits per heavy atom. The Kier molecular flexibility index (Phi) is 8.06. The van der Waals surface area contributed by atoms with Gasteiger partial charge in [-0.1, -0.05) is 6.42 Å². The van der Waals surface area contributed by atoms with Gasteiger partial charge in [0.15, 0.2) is 17.3 Å². The molecule has 4 N–H and O–H groups in total. The molecule has 2 aromatic carbocycles. The van der Waals surface area contributed by atoms with E-state index < -0.39 is 24.4 Å². The zero-order chi connectivity index (χ0) is 30.0. The number of piperidine rings is 1. The molecule has 0 radical (unpaired) electrons. The van der Waals surface area contributed by atoms with Crippen LogP contribution in [0.25, 0.3) is 0 Å². The number of ketones is 1. The Morgan fingerprint density at radius 1 is 0.930 bits per heavy atom. The lowest BCUT2D eigenvalue weighted by Crippen LogP contribution is -2.32. The third kappa shape index (κ3) is 6.66. The molecule has 1 aliphatic carbocycles. The van der Waals surface area contributed by atoms with Gasteiger partial charge < -0.3 is 30.7 Å². The van der Waals surface area contributed by atoms with Gasteiger partial charge in [0.25, 0.3) is 0 Å². The normalized spacial score (nSPS) is 20.6. The smallest absolute Gasteiger partial charge is 0.395 e. The lowest BCUT2D eigenvalue weighted by atomic mass is 9.95. The first-order chi connectivity index (χ1) is 20.8. The highest BCUT2D eigenvalue weighted by Gasteiger charge is 2.43. The number of aromatic nitrogens is 3. The van der Waals surface area contributed by atoms with Crippen molar-refractivity contribution in [2.24, 2.45) is 11.7 Å². The number of halogens is 2. The van der Waals surface area contributed by atoms with Crippen molar-refractivity contribution in [3.8, 4) is 11.5 Å². The van der Waals surface area contributed by atoms with Crippen molar-refractivity contribution in [2.45, 2.75) is 57.2 Å². The maximum absolute atomic E-state index is 13.2. The van der Waals surface area contributed by atoms with Gasteiger partial charge in [0, 0.05) is 42.0 Å². The number of benzene rings is 2. The van der Waals surface area contributed by atoms with Crippen LogP contribution in [0.2, 0.25) is 0 Å². The number of hydrogen-bond acceptors (Lipinski definition) is 10. The fourth-order valence-corrected chi connectivity index (χ4v) is 5.84. The summed E-state index contributed by atoms with van der Waals surface area (Å²) < 4.78 is 35.2. The molecule has 43 heavy (non-hydrogen) atoms. The zero-order valence-corrected chi connectivity index (χ0v) is 23.5. The molecule has 2 atom stereocenters. The van der Waals surface area contributed by atoms with Crippen LogP contribution in [0.15, 0.2) is 42.5 Å². The molecular formula is C30H33F2N7O4. The van der Waals surface area contributed by atoms with Gasteiger partial charge in [0.05, 0.1) is 6.42 Å². The highest BCUT2D eigenvalue weighted by Crippen LogP contribution is 2.42. The molecule has 1 saturated heterocycles. The Morgan fingerprint density at radius 2 is 1.67 bits per heavy atom. The molecule has 1 amide bonds. The third-order valence-corrected chi connectivity index (χ3v) is 8.04. The number of hydrogen-bond donors (Lipinski definition) is 3. The van der Waals surface area contributed by atoms with Crippen LogP contribution in [0, 0.1) is 5.92 Å². The number of ether oxygens (including phenoxy) is 2. The van der Waals surface area contributed by atoms with Crippen molar-refractivity contribution >= 4 is 35.0 Å². The van der Waals surface area contributed by atoms with Crippen LogP contribution in [-0.2, 0) is 4.79 Å². The molecule has 3 aromatic rings. The number of carbonyl (C=O) groups excluding carboxylic acids is 2. The summed E-state index contributed by atoms with van der Waals surface area (Å²) in [6, 6.07) is 10.6. The first-order valence-electron chi connectivity index (χ1n) is 14.6. The van der Waals surface area contributed by atoms with Crippen LogP contribution in [0.5, 0.6) is 11.5 Å². The Bertz CT molecular complexity index is 1500. The van der Waals surface area contributed by atoms with E-state index in [1.165, 1.54) is 24.6 Å². The third-order valence-electron chi connectivity index (χ3n) is 8.04. The Balaban J connectivity index is 1.11. The van der Waals surface area contributed by atoms with Crippen molar-refractivity contribution < 1.29 is 27.8 Å². The van der Waals surface area contributed by atoms with E-state index in [1.807, 2.05) is 0 Å². The van der Waals surface area contributed by atoms with Gasteiger partial charge in [-0.2, -0.15) is 15.0 Å². The van der Waals surface area contributed by atoms with Gasteiger partial charge in [-0.15, -0.1) is 8.78 Å². The minimum atomic E-state index is -3.76. The second-order valence-corrected chi connectivity index (χ2v) is 11.1. The number of amides is 1. The zero-order valence-electron chi connectivity index (χ0n) is 23.5. The number of alkyl halides is 2. The molecule has 11 nitrogen and oxygen atoms in total. The van der Waals surface area contributed by atoms with E-state index in [0.29, 0.717) is 35.6 Å². The topological polar surface area (TPSA) is 145 Å². The summed E-state index contributed by atoms with van der Waals surface area (Å²) in [5, 5.41) is 5.78. The summed E-state index contributed by atoms with van der Waals surface area (Å²) in [5.41, 5.74) is 7.28. The average Bonchev–Trinajstić information content (AvgIpc) is 3.60. The van der Waals surface area contributed by atoms with Crippen LogP contribution in [-0.4, -0.2) is 52.6 Å². The first-order valence-corrected chi connectivity index (χ1v) is 14.6. The van der Waals surface area contributed by atoms with Gasteiger partial charge in [0.1, 0.15) is 5.82 Å². The van der Waals surface area contributed by atoms with E-state index >= 15 is 0 Å². The van der Waals surface area contributed by atoms with Crippen LogP contribution < -0.4 is 30.7 Å². The summed E-state index contributed by atoms with van der Waals surface area (Å²) >= 11 is 0. The summed E-state index contributed by atoms with van der Waals surface area (Å²) in [5.74, 6) is 1.08. The average molecular weight is 594 g/mol. The van der Waals surface area contributed by atoms with Crippen LogP contribution in [0.3, 0.4) is 0 Å². The van der Waals surface area contributed by atoms with Gasteiger partial charge in [-0.05, 0) is 81.0 Å². The molecule has 226 valence electrons. The fraction of sp³-hybridized carbons (Fsp3) is 0.433. The number of rotatable bonds is 9. The Labute approximate surface area is 247 Å². The molecular weight excluding hydrogens is 560 g/mol. The van der Waals surface area contributed by atoms with E-state index in [9.17, 15) is 18.4 Å². The minimum Gasteiger partial charge on any atom is -0.395 e. The number of fused-ring (bicyclic) bond motifs is 1. The molecule has 2 fully saturated rings. The first kappa shape index (κ1) is 28.7. The van der Waals surface area contributed by atoms with Crippen molar-refractivity contribution in [1.29, 1.82) is 0 Å². The molecule has 13 heteroatoms. The van der Waals surface area contributed by atoms with Crippen molar-refractivity contribution in [3.63, 3.8) is 0 Å². The van der Waals surface area contributed by atoms with Gasteiger partial charge in [-0.25, -0.2) is 0 Å². The van der Waals surface area contributed by atoms with Crippen LogP contribution >= 0.6 is 0 Å². The number of nitrogens with zero attached hydrogens (tertiary/aromatic N) is 4. The predicted molar refractivity (Wildman–Crippen MR) is 155 cm³/mol. The lowest BCUT2D eigenvalue weighted by molar-refractivity contribution is -0.286. The summed E-state index contributed by atoms with van der Waals surface area (Å²) in [7, 11) is 0. The quantitative estimate of drug-likeness (QED) is 0.229. The van der Waals surface area contributed by atoms with E-state index in [1.54, 1.807) is 24.3 Å². The highest BCUT2D eigenvalue weighted by molar-refractivity contribution is 6.11. The Hall–Kier alpha value is -4.39. The van der Waals surface area contributed by atoms with E-state index in [0.717, 1.165) is 51.0 Å². The standard InChI is InChI=1S/C30H33F2N7O4/c31-30(32)42-24-12-11-21(15-25(24)43-30)34-26(41)16-23(40)18-7-9-20(10-8-18)35-28-36-27(22-6-4-5-19(22)17-33)37-29(38-28)39-13-2-1-3-14-39/h7-12,15,19,22H,1-6,13-14,16-17,33H2,(H,34,41)(H,35,36,37,38)/t19-,22?/m0/s1. The van der Waals surface area contributed by atoms with Crippen LogP contribution in [0.1, 0.15) is 67.0 Å². The highest BCUT2D eigenvalue weighted by atomic mass is 19.3.